The van der Waals surface area contributed by atoms with Gasteiger partial charge in [-0.1, -0.05) is 86.3 Å². The third-order valence-corrected chi connectivity index (χ3v) is 9.57. The monoisotopic (exact) mass is 692 g/mol. The fraction of sp³-hybridized carbons (Fsp3) is 0.325. The number of carbonyl (C=O) groups excluding carboxylic acids is 1. The highest BCUT2D eigenvalue weighted by Gasteiger charge is 2.39. The van der Waals surface area contributed by atoms with E-state index in [0.29, 0.717) is 6.54 Å². The van der Waals surface area contributed by atoms with Crippen molar-refractivity contribution in [3.8, 4) is 11.1 Å². The largest absolute Gasteiger partial charge is 0.445 e. The Labute approximate surface area is 298 Å². The van der Waals surface area contributed by atoms with Crippen molar-refractivity contribution in [3.05, 3.63) is 142 Å². The minimum atomic E-state index is -0.582. The van der Waals surface area contributed by atoms with Crippen LogP contribution < -0.4 is 10.2 Å². The van der Waals surface area contributed by atoms with Gasteiger partial charge in [-0.2, -0.15) is 0 Å². The molecular weight excluding hydrogens is 648 g/mol. The number of nitro groups is 1. The minimum absolute atomic E-state index is 0.0182. The topological polar surface area (TPSA) is 127 Å². The van der Waals surface area contributed by atoms with Gasteiger partial charge in [0, 0.05) is 68.6 Å². The molecule has 51 heavy (non-hydrogen) atoms. The van der Waals surface area contributed by atoms with Crippen molar-refractivity contribution < 1.29 is 29.0 Å². The van der Waals surface area contributed by atoms with Gasteiger partial charge in [-0.05, 0) is 46.0 Å². The molecule has 2 saturated heterocycles. The lowest BCUT2D eigenvalue weighted by atomic mass is 9.89. The molecule has 2 N–H and O–H groups in total. The summed E-state index contributed by atoms with van der Waals surface area (Å²) < 4.78 is 18.4. The molecule has 6 rings (SSSR count). The van der Waals surface area contributed by atoms with E-state index < -0.39 is 12.4 Å². The molecule has 0 aromatic heterocycles. The predicted molar refractivity (Wildman–Crippen MR) is 195 cm³/mol. The number of aliphatic hydroxyl groups is 1. The Morgan fingerprint density at radius 3 is 2.31 bits per heavy atom. The Bertz CT molecular complexity index is 1770. The first-order valence-corrected chi connectivity index (χ1v) is 17.2. The van der Waals surface area contributed by atoms with Crippen LogP contribution in [0.1, 0.15) is 41.6 Å². The van der Waals surface area contributed by atoms with Crippen molar-refractivity contribution in [1.29, 1.82) is 0 Å². The van der Waals surface area contributed by atoms with E-state index in [1.54, 1.807) is 12.1 Å². The first-order chi connectivity index (χ1) is 24.8. The maximum atomic E-state index is 11.9. The summed E-state index contributed by atoms with van der Waals surface area (Å²) in [4.78, 5) is 27.3. The number of anilines is 1. The second kappa shape index (κ2) is 16.8. The Morgan fingerprint density at radius 2 is 1.65 bits per heavy atom. The highest BCUT2D eigenvalue weighted by Crippen LogP contribution is 2.42. The molecular formula is C40H44N4O7. The number of aliphatic hydroxyl groups excluding tert-OH is 1. The van der Waals surface area contributed by atoms with E-state index in [1.165, 1.54) is 6.08 Å². The number of nitrogens with zero attached hydrogens (tertiary/aromatic N) is 3. The van der Waals surface area contributed by atoms with Crippen molar-refractivity contribution in [2.24, 2.45) is 5.92 Å². The van der Waals surface area contributed by atoms with Crippen molar-refractivity contribution >= 4 is 17.5 Å². The van der Waals surface area contributed by atoms with Crippen molar-refractivity contribution in [1.82, 2.24) is 10.2 Å². The summed E-state index contributed by atoms with van der Waals surface area (Å²) in [6.07, 6.45) is 0.126. The second-order valence-electron chi connectivity index (χ2n) is 12.9. The molecule has 4 unspecified atom stereocenters. The summed E-state index contributed by atoms with van der Waals surface area (Å²) in [5.74, 6) is 0.0543. The molecule has 0 radical (unpaired) electrons. The molecule has 0 spiro atoms. The zero-order valence-electron chi connectivity index (χ0n) is 28.7. The van der Waals surface area contributed by atoms with Gasteiger partial charge in [-0.15, -0.1) is 0 Å². The first kappa shape index (κ1) is 35.7. The van der Waals surface area contributed by atoms with Gasteiger partial charge in [0.1, 0.15) is 6.61 Å². The molecule has 4 aromatic carbocycles. The molecule has 2 aliphatic heterocycles. The van der Waals surface area contributed by atoms with E-state index in [4.69, 9.17) is 14.2 Å². The molecule has 266 valence electrons. The van der Waals surface area contributed by atoms with E-state index in [9.17, 15) is 20.0 Å². The SMILES string of the molecule is C=CCOC(=O)NCc1cccc(-c2ccc(C3OC(CN4CCN(c5ccc([N+](=O)[O-])cc5)CC4)C(C)C(c4ccc(CO)cc4)O3)cc2)c1. The van der Waals surface area contributed by atoms with Crippen molar-refractivity contribution in [3.63, 3.8) is 0 Å². The molecule has 1 amide bonds. The highest BCUT2D eigenvalue weighted by molar-refractivity contribution is 5.68. The number of nitro benzene ring substituents is 1. The summed E-state index contributed by atoms with van der Waals surface area (Å²) in [5, 5.41) is 23.5. The van der Waals surface area contributed by atoms with Gasteiger partial charge < -0.3 is 29.5 Å². The Morgan fingerprint density at radius 1 is 0.941 bits per heavy atom. The predicted octanol–water partition coefficient (Wildman–Crippen LogP) is 6.78. The highest BCUT2D eigenvalue weighted by atomic mass is 16.7. The van der Waals surface area contributed by atoms with E-state index >= 15 is 0 Å². The van der Waals surface area contributed by atoms with E-state index in [0.717, 1.165) is 71.8 Å². The number of nitrogens with one attached hydrogen (secondary N) is 1. The molecule has 4 atom stereocenters. The average molecular weight is 693 g/mol. The van der Waals surface area contributed by atoms with Gasteiger partial charge in [0.15, 0.2) is 6.29 Å². The van der Waals surface area contributed by atoms with Gasteiger partial charge in [0.05, 0.1) is 23.7 Å². The molecule has 2 fully saturated rings. The number of amides is 1. The van der Waals surface area contributed by atoms with Crippen LogP contribution in [0.25, 0.3) is 11.1 Å². The number of non-ortho nitro benzene ring substituents is 1. The second-order valence-corrected chi connectivity index (χ2v) is 12.9. The third kappa shape index (κ3) is 9.00. The normalized spacial score (nSPS) is 20.8. The number of alkyl carbamates (subject to hydrolysis) is 1. The lowest BCUT2D eigenvalue weighted by Gasteiger charge is -2.44. The molecule has 2 heterocycles. The number of piperazine rings is 1. The summed E-state index contributed by atoms with van der Waals surface area (Å²) in [7, 11) is 0. The summed E-state index contributed by atoms with van der Waals surface area (Å²) in [6.45, 7) is 10.2. The van der Waals surface area contributed by atoms with Crippen LogP contribution in [0, 0.1) is 16.0 Å². The van der Waals surface area contributed by atoms with Crippen LogP contribution in [0.2, 0.25) is 0 Å². The fourth-order valence-corrected chi connectivity index (χ4v) is 6.61. The zero-order valence-corrected chi connectivity index (χ0v) is 28.7. The number of ether oxygens (including phenoxy) is 3. The number of benzene rings is 4. The summed E-state index contributed by atoms with van der Waals surface area (Å²) in [6, 6.07) is 30.9. The number of hydrogen-bond acceptors (Lipinski definition) is 9. The molecule has 11 heteroatoms. The van der Waals surface area contributed by atoms with Gasteiger partial charge in [0.25, 0.3) is 5.69 Å². The Hall–Kier alpha value is -5.07. The third-order valence-electron chi connectivity index (χ3n) is 9.57. The van der Waals surface area contributed by atoms with Crippen LogP contribution in [-0.2, 0) is 27.4 Å². The van der Waals surface area contributed by atoms with E-state index in [-0.39, 0.29) is 42.0 Å². The lowest BCUT2D eigenvalue weighted by Crippen LogP contribution is -2.51. The average Bonchev–Trinajstić information content (AvgIpc) is 3.17. The Kier molecular flexibility index (Phi) is 11.7. The maximum Gasteiger partial charge on any atom is 0.407 e. The summed E-state index contributed by atoms with van der Waals surface area (Å²) >= 11 is 0. The molecule has 4 aromatic rings. The molecule has 0 aliphatic carbocycles. The molecule has 0 saturated carbocycles. The van der Waals surface area contributed by atoms with E-state index in [2.05, 4.69) is 40.8 Å². The number of hydrogen-bond donors (Lipinski definition) is 2. The van der Waals surface area contributed by atoms with Gasteiger partial charge in [-0.25, -0.2) is 4.79 Å². The quantitative estimate of drug-likeness (QED) is 0.0939. The molecule has 0 bridgehead atoms. The summed E-state index contributed by atoms with van der Waals surface area (Å²) in [5.41, 5.74) is 6.87. The molecule has 2 aliphatic rings. The van der Waals surface area contributed by atoms with Gasteiger partial charge in [0.2, 0.25) is 0 Å². The zero-order chi connectivity index (χ0) is 35.7. The number of carbonyl (C=O) groups is 1. The lowest BCUT2D eigenvalue weighted by molar-refractivity contribution is -0.384. The van der Waals surface area contributed by atoms with Crippen LogP contribution >= 0.6 is 0 Å². The molecule has 11 nitrogen and oxygen atoms in total. The maximum absolute atomic E-state index is 11.9. The van der Waals surface area contributed by atoms with Gasteiger partial charge in [-0.3, -0.25) is 15.0 Å². The van der Waals surface area contributed by atoms with Crippen molar-refractivity contribution in [2.45, 2.75) is 38.6 Å². The van der Waals surface area contributed by atoms with Crippen LogP contribution in [-0.4, -0.2) is 66.5 Å². The Balaban J connectivity index is 1.15. The van der Waals surface area contributed by atoms with Crippen LogP contribution in [0.15, 0.2) is 110 Å². The van der Waals surface area contributed by atoms with Gasteiger partial charge >= 0.3 is 6.09 Å². The van der Waals surface area contributed by atoms with Crippen LogP contribution in [0.5, 0.6) is 0 Å². The van der Waals surface area contributed by atoms with Crippen molar-refractivity contribution in [2.75, 3.05) is 44.2 Å². The minimum Gasteiger partial charge on any atom is -0.445 e. The smallest absolute Gasteiger partial charge is 0.407 e. The van der Waals surface area contributed by atoms with Crippen LogP contribution in [0.4, 0.5) is 16.2 Å². The fourth-order valence-electron chi connectivity index (χ4n) is 6.61. The number of rotatable bonds is 12. The van der Waals surface area contributed by atoms with Crippen LogP contribution in [0.3, 0.4) is 0 Å². The standard InChI is InChI=1S/C40H44N4O7/c1-3-23-49-40(46)41-25-30-5-4-6-34(24-30)31-11-13-33(14-12-31)39-50-37(28(2)38(51-39)32-9-7-29(27-45)8-10-32)26-42-19-21-43(22-20-42)35-15-17-36(18-16-35)44(47)48/h3-18,24,28,37-39,45H,1,19-23,25-27H2,2H3,(H,41,46). The van der Waals surface area contributed by atoms with E-state index in [1.807, 2.05) is 72.8 Å². The first-order valence-electron chi connectivity index (χ1n) is 17.2.